The summed E-state index contributed by atoms with van der Waals surface area (Å²) < 4.78 is 0. The van der Waals surface area contributed by atoms with Crippen LogP contribution < -0.4 is 5.43 Å². The van der Waals surface area contributed by atoms with Crippen LogP contribution >= 0.6 is 15.9 Å². The highest BCUT2D eigenvalue weighted by Crippen LogP contribution is 2.24. The maximum absolute atomic E-state index is 12.3. The Labute approximate surface area is 139 Å². The number of carbonyl (C=O) groups is 1. The van der Waals surface area contributed by atoms with Gasteiger partial charge in [0.25, 0.3) is 0 Å². The van der Waals surface area contributed by atoms with Gasteiger partial charge in [-0.2, -0.15) is 0 Å². The lowest BCUT2D eigenvalue weighted by atomic mass is 9.99. The number of rotatable bonds is 4. The van der Waals surface area contributed by atoms with Gasteiger partial charge in [0.05, 0.1) is 10.9 Å². The van der Waals surface area contributed by atoms with E-state index in [9.17, 15) is 4.79 Å². The molecule has 3 rings (SSSR count). The average Bonchev–Trinajstić information content (AvgIpc) is 2.58. The van der Waals surface area contributed by atoms with Gasteiger partial charge in [-0.15, -0.1) is 0 Å². The molecule has 1 heterocycles. The SMILES string of the molecule is O=C1C(Br)CCCN1NC(c1ccccc1)c1ccccc1. The number of benzene rings is 2. The number of hydrogen-bond donors (Lipinski definition) is 1. The lowest BCUT2D eigenvalue weighted by Gasteiger charge is -2.34. The van der Waals surface area contributed by atoms with E-state index >= 15 is 0 Å². The summed E-state index contributed by atoms with van der Waals surface area (Å²) in [6, 6.07) is 20.4. The second-order valence-electron chi connectivity index (χ2n) is 5.48. The monoisotopic (exact) mass is 358 g/mol. The number of nitrogens with zero attached hydrogens (tertiary/aromatic N) is 1. The zero-order valence-electron chi connectivity index (χ0n) is 12.3. The van der Waals surface area contributed by atoms with Gasteiger partial charge in [0.2, 0.25) is 5.91 Å². The predicted octanol–water partition coefficient (Wildman–Crippen LogP) is 3.67. The maximum Gasteiger partial charge on any atom is 0.250 e. The minimum Gasteiger partial charge on any atom is -0.276 e. The Bertz CT molecular complexity index is 578. The number of amides is 1. The molecule has 1 N–H and O–H groups in total. The van der Waals surface area contributed by atoms with Crippen molar-refractivity contribution in [2.45, 2.75) is 23.7 Å². The molecule has 1 fully saturated rings. The molecule has 1 aliphatic rings. The molecule has 0 spiro atoms. The van der Waals surface area contributed by atoms with Crippen molar-refractivity contribution in [3.05, 3.63) is 71.8 Å². The molecule has 4 heteroatoms. The van der Waals surface area contributed by atoms with Crippen LogP contribution in [0.4, 0.5) is 0 Å². The highest BCUT2D eigenvalue weighted by atomic mass is 79.9. The molecule has 1 amide bonds. The normalized spacial score (nSPS) is 18.7. The first kappa shape index (κ1) is 15.3. The fraction of sp³-hybridized carbons (Fsp3) is 0.278. The van der Waals surface area contributed by atoms with Crippen LogP contribution in [-0.2, 0) is 4.79 Å². The lowest BCUT2D eigenvalue weighted by Crippen LogP contribution is -2.51. The van der Waals surface area contributed by atoms with Gasteiger partial charge in [-0.1, -0.05) is 76.6 Å². The Balaban J connectivity index is 1.88. The van der Waals surface area contributed by atoms with E-state index in [0.717, 1.165) is 30.5 Å². The zero-order valence-corrected chi connectivity index (χ0v) is 13.9. The summed E-state index contributed by atoms with van der Waals surface area (Å²) in [6.45, 7) is 0.747. The van der Waals surface area contributed by atoms with Crippen molar-refractivity contribution >= 4 is 21.8 Å². The highest BCUT2D eigenvalue weighted by molar-refractivity contribution is 9.10. The zero-order chi connectivity index (χ0) is 15.4. The molecular weight excluding hydrogens is 340 g/mol. The van der Waals surface area contributed by atoms with Crippen LogP contribution in [0.2, 0.25) is 0 Å². The smallest absolute Gasteiger partial charge is 0.250 e. The Morgan fingerprint density at radius 2 is 1.55 bits per heavy atom. The maximum atomic E-state index is 12.3. The first-order valence-corrected chi connectivity index (χ1v) is 8.49. The molecule has 3 nitrogen and oxygen atoms in total. The standard InChI is InChI=1S/C18H19BrN2O/c19-16-12-7-13-21(18(16)22)20-17(14-8-3-1-4-9-14)15-10-5-2-6-11-15/h1-6,8-11,16-17,20H,7,12-13H2. The fourth-order valence-corrected chi connectivity index (χ4v) is 3.32. The van der Waals surface area contributed by atoms with Gasteiger partial charge in [-0.25, -0.2) is 5.43 Å². The largest absolute Gasteiger partial charge is 0.276 e. The minimum absolute atomic E-state index is 0.0239. The van der Waals surface area contributed by atoms with Crippen LogP contribution in [0.15, 0.2) is 60.7 Å². The van der Waals surface area contributed by atoms with E-state index in [1.807, 2.05) is 36.4 Å². The summed E-state index contributed by atoms with van der Waals surface area (Å²) in [5.74, 6) is 0.114. The Morgan fingerprint density at radius 3 is 2.09 bits per heavy atom. The van der Waals surface area contributed by atoms with Gasteiger partial charge >= 0.3 is 0 Å². The minimum atomic E-state index is -0.0825. The van der Waals surface area contributed by atoms with E-state index in [2.05, 4.69) is 45.6 Å². The summed E-state index contributed by atoms with van der Waals surface area (Å²) in [4.78, 5) is 12.3. The molecule has 0 bridgehead atoms. The summed E-state index contributed by atoms with van der Waals surface area (Å²) in [6.07, 6.45) is 1.91. The van der Waals surface area contributed by atoms with Crippen molar-refractivity contribution in [2.24, 2.45) is 0 Å². The number of hydrogen-bond acceptors (Lipinski definition) is 2. The predicted molar refractivity (Wildman–Crippen MR) is 91.5 cm³/mol. The Morgan fingerprint density at radius 1 is 1.00 bits per heavy atom. The molecular formula is C18H19BrN2O. The number of carbonyl (C=O) groups excluding carboxylic acids is 1. The number of halogens is 1. The first-order valence-electron chi connectivity index (χ1n) is 7.57. The van der Waals surface area contributed by atoms with E-state index in [1.54, 1.807) is 5.01 Å². The quantitative estimate of drug-likeness (QED) is 0.845. The molecule has 0 radical (unpaired) electrons. The number of hydrazine groups is 1. The Hall–Kier alpha value is -1.65. The molecule has 114 valence electrons. The molecule has 0 aliphatic carbocycles. The van der Waals surface area contributed by atoms with Crippen molar-refractivity contribution in [3.8, 4) is 0 Å². The van der Waals surface area contributed by atoms with Gasteiger partial charge in [0.1, 0.15) is 0 Å². The Kier molecular flexibility index (Phi) is 4.90. The second kappa shape index (κ2) is 7.07. The van der Waals surface area contributed by atoms with Gasteiger partial charge < -0.3 is 0 Å². The van der Waals surface area contributed by atoms with Crippen LogP contribution in [0.1, 0.15) is 30.0 Å². The third-order valence-electron chi connectivity index (χ3n) is 3.92. The fourth-order valence-electron chi connectivity index (χ4n) is 2.75. The number of nitrogens with one attached hydrogen (secondary N) is 1. The summed E-state index contributed by atoms with van der Waals surface area (Å²) in [5, 5.41) is 1.76. The van der Waals surface area contributed by atoms with Gasteiger partial charge in [-0.05, 0) is 24.0 Å². The highest BCUT2D eigenvalue weighted by Gasteiger charge is 2.28. The summed E-state index contributed by atoms with van der Waals surface area (Å²) in [5.41, 5.74) is 5.72. The molecule has 1 unspecified atom stereocenters. The van der Waals surface area contributed by atoms with Crippen molar-refractivity contribution < 1.29 is 4.79 Å². The van der Waals surface area contributed by atoms with Gasteiger partial charge in [-0.3, -0.25) is 9.80 Å². The van der Waals surface area contributed by atoms with E-state index in [1.165, 1.54) is 0 Å². The second-order valence-corrected chi connectivity index (χ2v) is 6.59. The van der Waals surface area contributed by atoms with Crippen molar-refractivity contribution in [2.75, 3.05) is 6.54 Å². The van der Waals surface area contributed by atoms with Crippen LogP contribution in [0.25, 0.3) is 0 Å². The van der Waals surface area contributed by atoms with Gasteiger partial charge in [0, 0.05) is 6.54 Å². The molecule has 1 atom stereocenters. The third-order valence-corrected chi connectivity index (χ3v) is 4.77. The molecule has 1 saturated heterocycles. The average molecular weight is 359 g/mol. The first-order chi connectivity index (χ1) is 10.8. The molecule has 0 saturated carbocycles. The van der Waals surface area contributed by atoms with Crippen LogP contribution in [0, 0.1) is 0 Å². The van der Waals surface area contributed by atoms with E-state index in [-0.39, 0.29) is 16.8 Å². The topological polar surface area (TPSA) is 32.3 Å². The molecule has 1 aliphatic heterocycles. The van der Waals surface area contributed by atoms with Crippen LogP contribution in [0.3, 0.4) is 0 Å². The van der Waals surface area contributed by atoms with Crippen LogP contribution in [-0.4, -0.2) is 22.3 Å². The van der Waals surface area contributed by atoms with Crippen molar-refractivity contribution in [1.29, 1.82) is 0 Å². The molecule has 0 aromatic heterocycles. The molecule has 22 heavy (non-hydrogen) atoms. The van der Waals surface area contributed by atoms with E-state index in [0.29, 0.717) is 0 Å². The van der Waals surface area contributed by atoms with E-state index < -0.39 is 0 Å². The third kappa shape index (κ3) is 3.39. The lowest BCUT2D eigenvalue weighted by molar-refractivity contribution is -0.136. The number of alkyl halides is 1. The molecule has 2 aromatic carbocycles. The summed E-state index contributed by atoms with van der Waals surface area (Å²) >= 11 is 3.47. The summed E-state index contributed by atoms with van der Waals surface area (Å²) in [7, 11) is 0. The van der Waals surface area contributed by atoms with Crippen LogP contribution in [0.5, 0.6) is 0 Å². The van der Waals surface area contributed by atoms with Crippen molar-refractivity contribution in [3.63, 3.8) is 0 Å². The van der Waals surface area contributed by atoms with E-state index in [4.69, 9.17) is 0 Å². The van der Waals surface area contributed by atoms with Gasteiger partial charge in [0.15, 0.2) is 0 Å². The molecule has 2 aromatic rings. The number of piperidine rings is 1. The van der Waals surface area contributed by atoms with Crippen molar-refractivity contribution in [1.82, 2.24) is 10.4 Å².